The third-order valence-corrected chi connectivity index (χ3v) is 2.04. The summed E-state index contributed by atoms with van der Waals surface area (Å²) < 4.78 is 5.54. The highest BCUT2D eigenvalue weighted by atomic mass is 16.5. The second-order valence-corrected chi connectivity index (χ2v) is 3.62. The molecule has 0 heterocycles. The molecule has 0 radical (unpaired) electrons. The van der Waals surface area contributed by atoms with Gasteiger partial charge in [0.05, 0.1) is 12.3 Å². The van der Waals surface area contributed by atoms with Crippen molar-refractivity contribution in [1.82, 2.24) is 10.7 Å². The normalized spacial score (nSPS) is 12.9. The minimum Gasteiger partial charge on any atom is -0.491 e. The smallest absolute Gasteiger partial charge is 0.119 e. The molecule has 0 amide bonds. The lowest BCUT2D eigenvalue weighted by molar-refractivity contribution is 0.242. The van der Waals surface area contributed by atoms with Crippen LogP contribution in [0, 0.1) is 0 Å². The molecule has 0 bridgehead atoms. The molecule has 4 nitrogen and oxygen atoms in total. The van der Waals surface area contributed by atoms with E-state index in [1.807, 2.05) is 45.2 Å². The number of nitrogens with two attached hydrogens (primary N) is 1. The molecule has 0 aliphatic carbocycles. The molecule has 0 saturated heterocycles. The first kappa shape index (κ1) is 12.0. The van der Waals surface area contributed by atoms with Crippen LogP contribution >= 0.6 is 0 Å². The summed E-state index contributed by atoms with van der Waals surface area (Å²) >= 11 is 0. The predicted octanol–water partition coefficient (Wildman–Crippen LogP) is 1.16. The number of hydrazine groups is 1. The van der Waals surface area contributed by atoms with Gasteiger partial charge in [0.1, 0.15) is 5.75 Å². The van der Waals surface area contributed by atoms with Crippen LogP contribution in [-0.4, -0.2) is 13.2 Å². The first-order valence-corrected chi connectivity index (χ1v) is 5.07. The Morgan fingerprint density at radius 1 is 1.20 bits per heavy atom. The highest BCUT2D eigenvalue weighted by molar-refractivity contribution is 5.29. The first-order chi connectivity index (χ1) is 7.17. The lowest BCUT2D eigenvalue weighted by Crippen LogP contribution is -2.36. The van der Waals surface area contributed by atoms with Gasteiger partial charge in [-0.1, -0.05) is 12.1 Å². The summed E-state index contributed by atoms with van der Waals surface area (Å²) in [6.45, 7) is 4.01. The highest BCUT2D eigenvalue weighted by Crippen LogP contribution is 2.16. The van der Waals surface area contributed by atoms with E-state index >= 15 is 0 Å². The maximum atomic E-state index is 5.54. The molecule has 0 aliphatic heterocycles. The second-order valence-electron chi connectivity index (χ2n) is 3.62. The van der Waals surface area contributed by atoms with Crippen LogP contribution in [0.5, 0.6) is 5.75 Å². The van der Waals surface area contributed by atoms with Crippen molar-refractivity contribution in [3.05, 3.63) is 29.8 Å². The fraction of sp³-hybridized carbons (Fsp3) is 0.455. The summed E-state index contributed by atoms with van der Waals surface area (Å²) in [6, 6.07) is 7.85. The van der Waals surface area contributed by atoms with Crippen LogP contribution in [0.2, 0.25) is 0 Å². The van der Waals surface area contributed by atoms with Gasteiger partial charge in [-0.3, -0.25) is 5.84 Å². The molecule has 84 valence electrons. The molecule has 0 aliphatic rings. The Kier molecular flexibility index (Phi) is 4.55. The van der Waals surface area contributed by atoms with Crippen molar-refractivity contribution in [2.45, 2.75) is 26.1 Å². The van der Waals surface area contributed by atoms with Crippen molar-refractivity contribution in [2.75, 3.05) is 7.05 Å². The predicted molar refractivity (Wildman–Crippen MR) is 61.3 cm³/mol. The van der Waals surface area contributed by atoms with Crippen molar-refractivity contribution >= 4 is 0 Å². The quantitative estimate of drug-likeness (QED) is 0.387. The molecular weight excluding hydrogens is 190 g/mol. The summed E-state index contributed by atoms with van der Waals surface area (Å²) in [6.07, 6.45) is 0.168. The molecule has 4 heteroatoms. The molecule has 4 N–H and O–H groups in total. The molecule has 0 saturated carbocycles. The Balaban J connectivity index is 2.71. The van der Waals surface area contributed by atoms with E-state index in [1.165, 1.54) is 0 Å². The average Bonchev–Trinajstić information content (AvgIpc) is 2.21. The van der Waals surface area contributed by atoms with Gasteiger partial charge in [0, 0.05) is 0 Å². The van der Waals surface area contributed by atoms with E-state index in [1.54, 1.807) is 0 Å². The molecule has 1 atom stereocenters. The topological polar surface area (TPSA) is 59.3 Å². The van der Waals surface area contributed by atoms with Crippen LogP contribution in [0.4, 0.5) is 0 Å². The molecule has 1 rings (SSSR count). The average molecular weight is 209 g/mol. The van der Waals surface area contributed by atoms with Gasteiger partial charge in [-0.05, 0) is 38.6 Å². The summed E-state index contributed by atoms with van der Waals surface area (Å²) in [5.41, 5.74) is 3.76. The minimum absolute atomic E-state index is 0.0295. The summed E-state index contributed by atoms with van der Waals surface area (Å²) in [5.74, 6) is 6.27. The third kappa shape index (κ3) is 3.51. The molecule has 1 aromatic rings. The highest BCUT2D eigenvalue weighted by Gasteiger charge is 2.06. The van der Waals surface area contributed by atoms with E-state index in [4.69, 9.17) is 10.6 Å². The lowest BCUT2D eigenvalue weighted by atomic mass is 10.1. The molecule has 0 aromatic heterocycles. The number of hydrogen-bond acceptors (Lipinski definition) is 4. The molecule has 1 aromatic carbocycles. The van der Waals surface area contributed by atoms with E-state index in [9.17, 15) is 0 Å². The van der Waals surface area contributed by atoms with Gasteiger partial charge in [0.25, 0.3) is 0 Å². The van der Waals surface area contributed by atoms with E-state index in [-0.39, 0.29) is 12.3 Å². The van der Waals surface area contributed by atoms with Gasteiger partial charge in [-0.25, -0.2) is 5.43 Å². The fourth-order valence-corrected chi connectivity index (χ4v) is 1.36. The first-order valence-electron chi connectivity index (χ1n) is 5.07. The number of benzene rings is 1. The van der Waals surface area contributed by atoms with Crippen LogP contribution in [0.15, 0.2) is 24.3 Å². The summed E-state index contributed by atoms with van der Waals surface area (Å²) in [7, 11) is 1.85. The van der Waals surface area contributed by atoms with Gasteiger partial charge >= 0.3 is 0 Å². The van der Waals surface area contributed by atoms with Crippen molar-refractivity contribution < 1.29 is 4.74 Å². The largest absolute Gasteiger partial charge is 0.491 e. The van der Waals surface area contributed by atoms with Gasteiger partial charge < -0.3 is 10.1 Å². The zero-order valence-electron chi connectivity index (χ0n) is 9.45. The Hall–Kier alpha value is -1.10. The Bertz CT molecular complexity index is 280. The molecular formula is C11H19N3O. The second kappa shape index (κ2) is 5.70. The van der Waals surface area contributed by atoms with Crippen molar-refractivity contribution in [3.8, 4) is 5.75 Å². The minimum atomic E-state index is -0.0295. The van der Waals surface area contributed by atoms with E-state index in [2.05, 4.69) is 10.7 Å². The lowest BCUT2D eigenvalue weighted by Gasteiger charge is -2.16. The van der Waals surface area contributed by atoms with Crippen LogP contribution in [-0.2, 0) is 0 Å². The number of rotatable bonds is 5. The van der Waals surface area contributed by atoms with Crippen molar-refractivity contribution in [2.24, 2.45) is 5.84 Å². The fourth-order valence-electron chi connectivity index (χ4n) is 1.36. The molecule has 15 heavy (non-hydrogen) atoms. The number of ether oxygens (including phenoxy) is 1. The van der Waals surface area contributed by atoms with Gasteiger partial charge in [0.2, 0.25) is 0 Å². The maximum absolute atomic E-state index is 5.54. The van der Waals surface area contributed by atoms with Crippen LogP contribution in [0.3, 0.4) is 0 Å². The van der Waals surface area contributed by atoms with Crippen molar-refractivity contribution in [3.63, 3.8) is 0 Å². The van der Waals surface area contributed by atoms with Crippen LogP contribution in [0.1, 0.15) is 25.6 Å². The van der Waals surface area contributed by atoms with Gasteiger partial charge in [-0.2, -0.15) is 0 Å². The molecule has 0 fully saturated rings. The Morgan fingerprint density at radius 3 is 2.20 bits per heavy atom. The van der Waals surface area contributed by atoms with E-state index in [0.29, 0.717) is 0 Å². The zero-order chi connectivity index (χ0) is 11.3. The maximum Gasteiger partial charge on any atom is 0.119 e. The third-order valence-electron chi connectivity index (χ3n) is 2.04. The Labute approximate surface area is 90.8 Å². The number of hydrogen-bond donors (Lipinski definition) is 3. The van der Waals surface area contributed by atoms with E-state index in [0.717, 1.165) is 11.3 Å². The Morgan fingerprint density at radius 2 is 1.80 bits per heavy atom. The van der Waals surface area contributed by atoms with Crippen LogP contribution < -0.4 is 21.3 Å². The summed E-state index contributed by atoms with van der Waals surface area (Å²) in [4.78, 5) is 0. The monoisotopic (exact) mass is 209 g/mol. The summed E-state index contributed by atoms with van der Waals surface area (Å²) in [5, 5.41) is 3.05. The van der Waals surface area contributed by atoms with Gasteiger partial charge in [0.15, 0.2) is 0 Å². The standard InChI is InChI=1S/C11H19N3O/c1-8(2)15-10-6-4-9(5-7-10)11(13-3)14-12/h4-8,11,13-14H,12H2,1-3H3. The number of nitrogens with one attached hydrogen (secondary N) is 2. The van der Waals surface area contributed by atoms with E-state index < -0.39 is 0 Å². The zero-order valence-corrected chi connectivity index (χ0v) is 9.45. The van der Waals surface area contributed by atoms with Gasteiger partial charge in [-0.15, -0.1) is 0 Å². The molecule has 0 spiro atoms. The van der Waals surface area contributed by atoms with Crippen LogP contribution in [0.25, 0.3) is 0 Å². The SMILES string of the molecule is CNC(NN)c1ccc(OC(C)C)cc1. The molecule has 1 unspecified atom stereocenters. The van der Waals surface area contributed by atoms with Crippen molar-refractivity contribution in [1.29, 1.82) is 0 Å².